The third kappa shape index (κ3) is 6.65. The first-order chi connectivity index (χ1) is 24.9. The van der Waals surface area contributed by atoms with E-state index in [1.165, 1.54) is 42.9 Å². The molecule has 0 radical (unpaired) electrons. The number of aryl methyl sites for hydroxylation is 1. The molecular weight excluding hydrogens is 759 g/mol. The fourth-order valence-corrected chi connectivity index (χ4v) is 7.60. The topological polar surface area (TPSA) is 170 Å². The highest BCUT2D eigenvalue weighted by Crippen LogP contribution is 2.34. The average molecular weight is 790 g/mol. The molecule has 0 bridgehead atoms. The van der Waals surface area contributed by atoms with E-state index in [9.17, 15) is 27.9 Å². The molecule has 2 aliphatic rings. The quantitative estimate of drug-likeness (QED) is 0.218. The van der Waals surface area contributed by atoms with Crippen molar-refractivity contribution in [1.29, 1.82) is 0 Å². The van der Waals surface area contributed by atoms with Gasteiger partial charge in [-0.3, -0.25) is 19.4 Å². The van der Waals surface area contributed by atoms with Crippen LogP contribution in [0.15, 0.2) is 98.4 Å². The Balaban J connectivity index is 1.08. The number of fused-ring (bicyclic) bond motifs is 2. The van der Waals surface area contributed by atoms with Crippen LogP contribution in [0.3, 0.4) is 0 Å². The number of amides is 1. The van der Waals surface area contributed by atoms with Gasteiger partial charge in [0.25, 0.3) is 15.9 Å². The van der Waals surface area contributed by atoms with Crippen molar-refractivity contribution in [2.45, 2.75) is 18.4 Å². The molecule has 0 unspecified atom stereocenters. The van der Waals surface area contributed by atoms with Crippen LogP contribution < -0.4 is 20.0 Å². The van der Waals surface area contributed by atoms with Gasteiger partial charge >= 0.3 is 5.97 Å². The number of aromatic nitrogens is 3. The third-order valence-electron chi connectivity index (χ3n) is 8.91. The number of sulfonamides is 1. The number of carbonyl (C=O) groups is 2. The van der Waals surface area contributed by atoms with Gasteiger partial charge in [0.05, 0.1) is 34.1 Å². The Hall–Kier alpha value is -5.52. The lowest BCUT2D eigenvalue weighted by Gasteiger charge is -2.38. The summed E-state index contributed by atoms with van der Waals surface area (Å²) in [5.74, 6) is -2.37. The molecule has 1 saturated heterocycles. The fourth-order valence-electron chi connectivity index (χ4n) is 6.28. The maximum atomic E-state index is 15.5. The zero-order valence-corrected chi connectivity index (χ0v) is 29.9. The summed E-state index contributed by atoms with van der Waals surface area (Å²) in [5, 5.41) is 9.47. The van der Waals surface area contributed by atoms with Crippen LogP contribution in [0.1, 0.15) is 22.8 Å². The number of piperazine rings is 1. The highest BCUT2D eigenvalue weighted by molar-refractivity contribution is 9.10. The molecule has 2 aliphatic heterocycles. The van der Waals surface area contributed by atoms with Gasteiger partial charge in [0.2, 0.25) is 11.4 Å². The normalized spacial score (nSPS) is 15.8. The van der Waals surface area contributed by atoms with E-state index in [2.05, 4.69) is 40.5 Å². The van der Waals surface area contributed by atoms with Crippen LogP contribution in [0.4, 0.5) is 27.4 Å². The Kier molecular flexibility index (Phi) is 9.33. The number of rotatable bonds is 9. The minimum Gasteiger partial charge on any atom is -0.477 e. The molecule has 2 N–H and O–H groups in total. The van der Waals surface area contributed by atoms with Crippen LogP contribution in [0.5, 0.6) is 0 Å². The lowest BCUT2D eigenvalue weighted by molar-refractivity contribution is -0.112. The van der Waals surface area contributed by atoms with Crippen molar-refractivity contribution in [2.24, 2.45) is 4.99 Å². The van der Waals surface area contributed by atoms with Crippen molar-refractivity contribution in [2.75, 3.05) is 47.4 Å². The molecule has 2 aromatic heterocycles. The van der Waals surface area contributed by atoms with Crippen molar-refractivity contribution in [3.8, 4) is 0 Å². The standard InChI is InChI=1S/C35H30BrFN8O6S/c1-2-43-19-26(34(48)49)32(46)25-17-27(37)30(18-29(25)43)44-14-12-42(13-15-44)20-45-28-9-4-21(36)16-24(28)31(33(45)47)40-22-5-7-23(8-6-22)52(50,51)41-35-38-10-3-11-39-35/h3-11,16-19H,2,12-15,20H2,1H3,(H,48,49)(H,38,39,41). The van der Waals surface area contributed by atoms with E-state index < -0.39 is 32.8 Å². The number of carbonyl (C=O) groups excluding carboxylic acids is 1. The molecule has 14 nitrogen and oxygen atoms in total. The highest BCUT2D eigenvalue weighted by Gasteiger charge is 2.36. The Morgan fingerprint density at radius 2 is 1.71 bits per heavy atom. The van der Waals surface area contributed by atoms with Gasteiger partial charge in [-0.05, 0) is 67.6 Å². The number of nitrogens with one attached hydrogen (secondary N) is 1. The molecule has 0 saturated carbocycles. The first-order valence-electron chi connectivity index (χ1n) is 16.1. The maximum absolute atomic E-state index is 15.5. The smallest absolute Gasteiger partial charge is 0.341 e. The van der Waals surface area contributed by atoms with Gasteiger partial charge in [0, 0.05) is 66.7 Å². The van der Waals surface area contributed by atoms with Gasteiger partial charge < -0.3 is 14.6 Å². The van der Waals surface area contributed by atoms with Crippen molar-refractivity contribution in [3.63, 3.8) is 0 Å². The number of aromatic carboxylic acids is 1. The Labute approximate surface area is 305 Å². The molecule has 1 fully saturated rings. The van der Waals surface area contributed by atoms with Crippen LogP contribution in [-0.4, -0.2) is 83.4 Å². The Morgan fingerprint density at radius 1 is 1.00 bits per heavy atom. The minimum atomic E-state index is -3.96. The van der Waals surface area contributed by atoms with Gasteiger partial charge in [-0.25, -0.2) is 37.3 Å². The zero-order valence-electron chi connectivity index (χ0n) is 27.5. The molecular formula is C35H30BrFN8O6S. The fraction of sp³-hybridized carbons (Fsp3) is 0.200. The molecule has 4 heterocycles. The van der Waals surface area contributed by atoms with E-state index in [-0.39, 0.29) is 34.5 Å². The van der Waals surface area contributed by atoms with Crippen molar-refractivity contribution in [1.82, 2.24) is 19.4 Å². The molecule has 17 heteroatoms. The number of halogens is 2. The SMILES string of the molecule is CCn1cc(C(=O)O)c(=O)c2cc(F)c(N3CCN(CN4C(=O)C(=Nc5ccc(S(=O)(=O)Nc6ncccn6)cc5)c5cc(Br)ccc54)CC3)cc21. The Morgan fingerprint density at radius 3 is 2.38 bits per heavy atom. The van der Waals surface area contributed by atoms with E-state index >= 15 is 4.39 Å². The van der Waals surface area contributed by atoms with Crippen LogP contribution in [0.2, 0.25) is 0 Å². The first kappa shape index (κ1) is 34.9. The van der Waals surface area contributed by atoms with E-state index in [1.807, 2.05) is 30.0 Å². The summed E-state index contributed by atoms with van der Waals surface area (Å²) in [6.45, 7) is 4.31. The van der Waals surface area contributed by atoms with Crippen molar-refractivity contribution in [3.05, 3.63) is 111 Å². The minimum absolute atomic E-state index is 0.00750. The maximum Gasteiger partial charge on any atom is 0.341 e. The second kappa shape index (κ2) is 13.9. The second-order valence-corrected chi connectivity index (χ2v) is 14.7. The van der Waals surface area contributed by atoms with Gasteiger partial charge in [0.15, 0.2) is 0 Å². The summed E-state index contributed by atoms with van der Waals surface area (Å²) < 4.78 is 45.8. The van der Waals surface area contributed by atoms with E-state index in [0.29, 0.717) is 60.9 Å². The van der Waals surface area contributed by atoms with E-state index in [0.717, 1.165) is 10.5 Å². The molecule has 3 aromatic carbocycles. The Bertz CT molecular complexity index is 2440. The van der Waals surface area contributed by atoms with Crippen LogP contribution in [0.25, 0.3) is 10.9 Å². The monoisotopic (exact) mass is 788 g/mol. The highest BCUT2D eigenvalue weighted by atomic mass is 79.9. The van der Waals surface area contributed by atoms with Crippen molar-refractivity contribution >= 4 is 77.5 Å². The summed E-state index contributed by atoms with van der Waals surface area (Å²) >= 11 is 3.49. The van der Waals surface area contributed by atoms with Crippen LogP contribution in [0, 0.1) is 5.82 Å². The summed E-state index contributed by atoms with van der Waals surface area (Å²) in [5.41, 5.74) is 1.47. The molecule has 266 valence electrons. The summed E-state index contributed by atoms with van der Waals surface area (Å²) in [4.78, 5) is 56.3. The predicted molar refractivity (Wildman–Crippen MR) is 197 cm³/mol. The van der Waals surface area contributed by atoms with E-state index in [1.54, 1.807) is 21.6 Å². The zero-order chi connectivity index (χ0) is 36.7. The molecule has 0 atom stereocenters. The number of nitrogens with zero attached hydrogens (tertiary/aromatic N) is 7. The molecule has 0 spiro atoms. The van der Waals surface area contributed by atoms with Crippen LogP contribution >= 0.6 is 15.9 Å². The number of carboxylic acids is 1. The summed E-state index contributed by atoms with van der Waals surface area (Å²) in [7, 11) is -3.96. The van der Waals surface area contributed by atoms with Crippen molar-refractivity contribution < 1.29 is 27.5 Å². The summed E-state index contributed by atoms with van der Waals surface area (Å²) in [6.07, 6.45) is 4.13. The van der Waals surface area contributed by atoms with Crippen LogP contribution in [-0.2, 0) is 21.4 Å². The number of hydrogen-bond acceptors (Lipinski definition) is 10. The average Bonchev–Trinajstić information content (AvgIpc) is 3.37. The van der Waals surface area contributed by atoms with Gasteiger partial charge in [0.1, 0.15) is 17.1 Å². The number of anilines is 3. The molecule has 1 amide bonds. The molecule has 52 heavy (non-hydrogen) atoms. The lowest BCUT2D eigenvalue weighted by atomic mass is 10.1. The molecule has 5 aromatic rings. The van der Waals surface area contributed by atoms with E-state index in [4.69, 9.17) is 0 Å². The second-order valence-electron chi connectivity index (χ2n) is 12.1. The predicted octanol–water partition coefficient (Wildman–Crippen LogP) is 4.46. The number of carboxylic acid groups (broad SMARTS) is 1. The number of hydrogen-bond donors (Lipinski definition) is 2. The van der Waals surface area contributed by atoms with Gasteiger partial charge in [-0.1, -0.05) is 15.9 Å². The number of pyridine rings is 1. The third-order valence-corrected chi connectivity index (χ3v) is 10.7. The molecule has 7 rings (SSSR count). The lowest BCUT2D eigenvalue weighted by Crippen LogP contribution is -2.51. The van der Waals surface area contributed by atoms with Gasteiger partial charge in [-0.15, -0.1) is 0 Å². The number of benzene rings is 3. The largest absolute Gasteiger partial charge is 0.477 e. The molecule has 0 aliphatic carbocycles. The first-order valence-corrected chi connectivity index (χ1v) is 18.4. The van der Waals surface area contributed by atoms with Gasteiger partial charge in [-0.2, -0.15) is 0 Å². The number of aliphatic imine (C=N–C) groups is 1. The summed E-state index contributed by atoms with van der Waals surface area (Å²) in [6, 6.07) is 15.5.